The first-order chi connectivity index (χ1) is 28.5. The Labute approximate surface area is 292 Å². The molecule has 222 valence electrons. The van der Waals surface area contributed by atoms with Crippen LogP contribution in [0.4, 0.5) is 0 Å². The van der Waals surface area contributed by atoms with Crippen LogP contribution in [0.1, 0.15) is 30.5 Å². The number of para-hydroxylation sites is 3. The Bertz CT molecular complexity index is 3180. The summed E-state index contributed by atoms with van der Waals surface area (Å²) in [6.07, 6.45) is -2.83. The van der Waals surface area contributed by atoms with Gasteiger partial charge in [-0.15, -0.1) is 0 Å². The lowest BCUT2D eigenvalue weighted by Crippen LogP contribution is -2.02. The second-order valence-corrected chi connectivity index (χ2v) is 11.3. The zero-order chi connectivity index (χ0) is 42.6. The summed E-state index contributed by atoms with van der Waals surface area (Å²) in [4.78, 5) is 4.48. The molecule has 0 N–H and O–H groups in total. The zero-order valence-electron chi connectivity index (χ0n) is 37.9. The Hall–Kier alpha value is -5.99. The summed E-state index contributed by atoms with van der Waals surface area (Å²) in [6.45, 7) is -3.04. The number of imidazole rings is 1. The van der Waals surface area contributed by atoms with Crippen molar-refractivity contribution in [3.05, 3.63) is 169 Å². The van der Waals surface area contributed by atoms with Crippen LogP contribution in [0.15, 0.2) is 164 Å². The highest BCUT2D eigenvalue weighted by Crippen LogP contribution is 2.44. The highest BCUT2D eigenvalue weighted by molar-refractivity contribution is 6.21. The zero-order valence-corrected chi connectivity index (χ0v) is 24.9. The van der Waals surface area contributed by atoms with Crippen LogP contribution in [0.2, 0.25) is 0 Å². The van der Waals surface area contributed by atoms with Gasteiger partial charge in [-0.2, -0.15) is 0 Å². The fraction of sp³-hybridized carbons (Fsp3) is 0.0444. The minimum atomic E-state index is -3.04. The van der Waals surface area contributed by atoms with Crippen LogP contribution < -0.4 is 0 Å². The number of aryl methyl sites for hydroxylation is 1. The lowest BCUT2D eigenvalue weighted by molar-refractivity contribution is 0.909. The molecule has 0 bridgehead atoms. The van der Waals surface area contributed by atoms with Gasteiger partial charge in [0.25, 0.3) is 0 Å². The average Bonchev–Trinajstić information content (AvgIpc) is 3.65. The van der Waals surface area contributed by atoms with Crippen LogP contribution >= 0.6 is 0 Å². The number of aromatic nitrogens is 2. The summed E-state index contributed by atoms with van der Waals surface area (Å²) in [6, 6.07) is 30.7. The normalized spacial score (nSPS) is 16.1. The summed E-state index contributed by atoms with van der Waals surface area (Å²) in [7, 11) is 0. The van der Waals surface area contributed by atoms with E-state index in [0.717, 1.165) is 10.8 Å². The Kier molecular flexibility index (Phi) is 4.04. The van der Waals surface area contributed by atoms with E-state index in [1.807, 2.05) is 42.5 Å². The van der Waals surface area contributed by atoms with Crippen molar-refractivity contribution in [2.24, 2.45) is 0 Å². The number of rotatable bonds is 5. The number of hydrogen-bond acceptors (Lipinski definition) is 1. The molecule has 2 heteroatoms. The summed E-state index contributed by atoms with van der Waals surface area (Å²) >= 11 is 0. The Morgan fingerprint density at radius 3 is 1.89 bits per heavy atom. The third-order valence-corrected chi connectivity index (χ3v) is 8.72. The van der Waals surface area contributed by atoms with Gasteiger partial charge < -0.3 is 0 Å². The van der Waals surface area contributed by atoms with Gasteiger partial charge in [0.1, 0.15) is 5.82 Å². The molecule has 8 aromatic carbocycles. The maximum atomic E-state index is 9.30. The molecule has 0 fully saturated rings. The van der Waals surface area contributed by atoms with Gasteiger partial charge in [0.05, 0.1) is 27.7 Å². The van der Waals surface area contributed by atoms with E-state index in [1.165, 1.54) is 4.57 Å². The van der Waals surface area contributed by atoms with Crippen molar-refractivity contribution in [3.8, 4) is 39.1 Å². The minimum absolute atomic E-state index is 0.0938. The lowest BCUT2D eigenvalue weighted by Gasteiger charge is -2.18. The molecule has 0 saturated carbocycles. The molecule has 0 saturated heterocycles. The van der Waals surface area contributed by atoms with Crippen LogP contribution in [0.3, 0.4) is 0 Å². The van der Waals surface area contributed by atoms with E-state index in [9.17, 15) is 5.48 Å². The number of hydrogen-bond donors (Lipinski definition) is 0. The molecule has 0 spiro atoms. The maximum absolute atomic E-state index is 9.30. The first-order valence-corrected chi connectivity index (χ1v) is 15.2. The maximum Gasteiger partial charge on any atom is 0.114 e. The molecule has 0 amide bonds. The van der Waals surface area contributed by atoms with Crippen molar-refractivity contribution in [1.29, 1.82) is 0 Å². The van der Waals surface area contributed by atoms with E-state index in [1.54, 1.807) is 72.8 Å². The minimum Gasteiger partial charge on any atom is -0.296 e. The molecule has 0 aliphatic rings. The molecule has 2 nitrogen and oxygen atoms in total. The van der Waals surface area contributed by atoms with Crippen molar-refractivity contribution in [1.82, 2.24) is 9.55 Å². The standard InChI is InChI=1S/C45H32N2/c1-2-43-46-40-20-10-12-22-42(40)47(43)41-21-11-9-15-35(41)31-24-26-32(27-25-31)44-36-16-5-7-18-38(36)45(39-19-8-6-17-37(39)44)34-28-23-30-13-3-4-14-33(30)29-34/h3-29H,2H2,1H3/i1D3,2D2,5D,6D,7D,8D,16D,17D,18D,19D. The summed E-state index contributed by atoms with van der Waals surface area (Å²) in [5.41, 5.74) is 3.99. The Morgan fingerprint density at radius 1 is 0.596 bits per heavy atom. The second-order valence-electron chi connectivity index (χ2n) is 11.3. The van der Waals surface area contributed by atoms with E-state index in [0.29, 0.717) is 39.0 Å². The Morgan fingerprint density at radius 2 is 1.17 bits per heavy atom. The van der Waals surface area contributed by atoms with Gasteiger partial charge in [0, 0.05) is 18.8 Å². The van der Waals surface area contributed by atoms with Crippen molar-refractivity contribution < 1.29 is 17.8 Å². The van der Waals surface area contributed by atoms with Gasteiger partial charge >= 0.3 is 0 Å². The third kappa shape index (κ3) is 4.45. The van der Waals surface area contributed by atoms with Gasteiger partial charge in [-0.05, 0) is 84.4 Å². The molecule has 0 atom stereocenters. The van der Waals surface area contributed by atoms with Gasteiger partial charge in [-0.3, -0.25) is 4.57 Å². The van der Waals surface area contributed by atoms with Crippen molar-refractivity contribution in [2.75, 3.05) is 0 Å². The molecule has 9 aromatic rings. The van der Waals surface area contributed by atoms with Gasteiger partial charge in [-0.25, -0.2) is 4.98 Å². The molecule has 0 aliphatic carbocycles. The predicted molar refractivity (Wildman–Crippen MR) is 199 cm³/mol. The van der Waals surface area contributed by atoms with E-state index in [-0.39, 0.29) is 62.7 Å². The largest absolute Gasteiger partial charge is 0.296 e. The lowest BCUT2D eigenvalue weighted by atomic mass is 9.85. The van der Waals surface area contributed by atoms with Crippen molar-refractivity contribution in [3.63, 3.8) is 0 Å². The predicted octanol–water partition coefficient (Wildman–Crippen LogP) is 12.0. The molecule has 1 aromatic heterocycles. The van der Waals surface area contributed by atoms with Crippen molar-refractivity contribution in [2.45, 2.75) is 13.2 Å². The molecule has 0 unspecified atom stereocenters. The van der Waals surface area contributed by atoms with Gasteiger partial charge in [0.2, 0.25) is 0 Å². The topological polar surface area (TPSA) is 17.8 Å². The average molecular weight is 614 g/mol. The van der Waals surface area contributed by atoms with Crippen molar-refractivity contribution >= 4 is 43.4 Å². The van der Waals surface area contributed by atoms with E-state index in [4.69, 9.17) is 12.3 Å². The van der Waals surface area contributed by atoms with Crippen LogP contribution in [0.5, 0.6) is 0 Å². The fourth-order valence-electron chi connectivity index (χ4n) is 6.63. The summed E-state index contributed by atoms with van der Waals surface area (Å²) < 4.78 is 115. The third-order valence-electron chi connectivity index (χ3n) is 8.72. The molecule has 9 rings (SSSR count). The smallest absolute Gasteiger partial charge is 0.114 e. The number of fused-ring (bicyclic) bond motifs is 4. The number of nitrogens with zero attached hydrogens (tertiary/aromatic N) is 2. The van der Waals surface area contributed by atoms with Gasteiger partial charge in [0.15, 0.2) is 0 Å². The molecule has 1 heterocycles. The van der Waals surface area contributed by atoms with E-state index >= 15 is 0 Å². The highest BCUT2D eigenvalue weighted by atomic mass is 15.1. The molecular weight excluding hydrogens is 569 g/mol. The summed E-state index contributed by atoms with van der Waals surface area (Å²) in [5.74, 6) is -0.291. The van der Waals surface area contributed by atoms with Crippen LogP contribution in [0.25, 0.3) is 82.4 Å². The Balaban J connectivity index is 1.34. The van der Waals surface area contributed by atoms with Gasteiger partial charge in [-0.1, -0.05) is 146 Å². The SMILES string of the molecule is [2H]c1c([2H])c([2H])c2c(-c3ccc4ccccc4c3)c3c([2H])c([2H])c([2H])c([2H])c3c(-c3ccc(-c4ccccc4-n4c(C([2H])([2H])C([2H])([2H])[2H])nc5ccccc54)cc3)c2c1[2H]. The molecule has 0 aliphatic heterocycles. The molecule has 47 heavy (non-hydrogen) atoms. The van der Waals surface area contributed by atoms with Crippen LogP contribution in [-0.2, 0) is 6.37 Å². The van der Waals surface area contributed by atoms with Crippen LogP contribution in [0, 0.1) is 0 Å². The monoisotopic (exact) mass is 613 g/mol. The van der Waals surface area contributed by atoms with E-state index in [2.05, 4.69) is 4.98 Å². The second kappa shape index (κ2) is 11.1. The molecular formula is C45H32N2. The fourth-order valence-corrected chi connectivity index (χ4v) is 6.63. The first-order valence-electron chi connectivity index (χ1n) is 21.7. The summed E-state index contributed by atoms with van der Waals surface area (Å²) in [5, 5.41) is 2.17. The van der Waals surface area contributed by atoms with E-state index < -0.39 is 37.4 Å². The first kappa shape index (κ1) is 17.1. The van der Waals surface area contributed by atoms with Crippen LogP contribution in [-0.4, -0.2) is 9.55 Å². The highest BCUT2D eigenvalue weighted by Gasteiger charge is 2.18. The number of benzene rings is 8. The quantitative estimate of drug-likeness (QED) is 0.177. The molecule has 0 radical (unpaired) electrons.